The molecule has 2 rings (SSSR count). The molecular weight excluding hydrogens is 470 g/mol. The summed E-state index contributed by atoms with van der Waals surface area (Å²) in [5.41, 5.74) is 0. The molecule has 0 amide bonds. The van der Waals surface area contributed by atoms with Gasteiger partial charge < -0.3 is 27.1 Å². The molecule has 7 nitrogen and oxygen atoms in total. The first-order valence-electron chi connectivity index (χ1n) is 7.99. The standard InChI is InChI=1S/C8H13NO.C5H11NO.C3H3Br.CH2O3.2K.H/c1-2-5-9-6-3-4-8(9)7-10;7-4-5-2-1-3-6-5;1-2-3-4;2-1-4-3;;;/h1,8,10H,3-7H2;5-7H,1-4H2;1H,3H2;1,3H;;;/q;;;;2*+1;-1/p-1/t8-;5-;;;;;/m11...../s1. The van der Waals surface area contributed by atoms with Crippen LogP contribution in [-0.2, 0) is 9.68 Å². The Bertz CT molecular complexity index is 395. The van der Waals surface area contributed by atoms with Crippen molar-refractivity contribution in [2.24, 2.45) is 0 Å². The zero-order chi connectivity index (χ0) is 19.3. The number of terminal acetylenes is 2. The van der Waals surface area contributed by atoms with E-state index in [-0.39, 0.29) is 117 Å². The molecule has 2 aliphatic heterocycles. The molecule has 2 aliphatic rings. The summed E-state index contributed by atoms with van der Waals surface area (Å²) in [6, 6.07) is 0.732. The minimum absolute atomic E-state index is 0. The molecule has 3 N–H and O–H groups in total. The van der Waals surface area contributed by atoms with Crippen LogP contribution >= 0.6 is 15.9 Å². The van der Waals surface area contributed by atoms with Crippen molar-refractivity contribution in [3.63, 3.8) is 0 Å². The Hall–Kier alpha value is 2.14. The molecule has 0 aromatic carbocycles. The van der Waals surface area contributed by atoms with Crippen LogP contribution in [0.25, 0.3) is 0 Å². The van der Waals surface area contributed by atoms with Crippen LogP contribution in [0, 0.1) is 24.7 Å². The number of hydrogen-bond donors (Lipinski definition) is 3. The van der Waals surface area contributed by atoms with Crippen LogP contribution in [0.4, 0.5) is 0 Å². The van der Waals surface area contributed by atoms with Gasteiger partial charge in [-0.25, -0.2) is 0 Å². The fraction of sp³-hybridized carbons (Fsp3) is 0.706. The summed E-state index contributed by atoms with van der Waals surface area (Å²) in [4.78, 5) is 13.4. The fourth-order valence-electron chi connectivity index (χ4n) is 2.34. The van der Waals surface area contributed by atoms with Gasteiger partial charge in [0.1, 0.15) is 0 Å². The number of aliphatic hydroxyl groups is 2. The number of aliphatic hydroxyl groups excluding tert-OH is 2. The maximum Gasteiger partial charge on any atom is 1.00 e. The van der Waals surface area contributed by atoms with E-state index in [1.807, 2.05) is 0 Å². The van der Waals surface area contributed by atoms with Gasteiger partial charge in [0.15, 0.2) is 0 Å². The molecule has 0 aromatic rings. The van der Waals surface area contributed by atoms with Gasteiger partial charge in [-0.15, -0.1) is 12.8 Å². The second-order valence-corrected chi connectivity index (χ2v) is 5.72. The molecule has 0 radical (unpaired) electrons. The van der Waals surface area contributed by atoms with Crippen LogP contribution < -0.4 is 113 Å². The van der Waals surface area contributed by atoms with E-state index < -0.39 is 0 Å². The monoisotopic (exact) mass is 498 g/mol. The Morgan fingerprint density at radius 3 is 2.15 bits per heavy atom. The average Bonchev–Trinajstić information content (AvgIpc) is 3.34. The smallest absolute Gasteiger partial charge is 1.00 e. The van der Waals surface area contributed by atoms with E-state index >= 15 is 0 Å². The van der Waals surface area contributed by atoms with Crippen molar-refractivity contribution in [1.82, 2.24) is 10.2 Å². The molecular formula is C17H29BrK2N2O5. The van der Waals surface area contributed by atoms with E-state index in [4.69, 9.17) is 33.1 Å². The fourth-order valence-corrected chi connectivity index (χ4v) is 2.34. The summed E-state index contributed by atoms with van der Waals surface area (Å²) in [5.74, 6) is 4.94. The Balaban J connectivity index is -0.0000000873. The molecule has 0 saturated carbocycles. The normalized spacial score (nSPS) is 19.5. The number of halogens is 1. The number of rotatable bonds is 4. The van der Waals surface area contributed by atoms with Crippen molar-refractivity contribution >= 4 is 22.4 Å². The molecule has 2 atom stereocenters. The van der Waals surface area contributed by atoms with Crippen LogP contribution in [0.2, 0.25) is 0 Å². The predicted octanol–water partition coefficient (Wildman–Crippen LogP) is -6.62. The number of carbonyl (C=O) groups excluding carboxylic acids is 1. The Morgan fingerprint density at radius 1 is 1.26 bits per heavy atom. The van der Waals surface area contributed by atoms with Gasteiger partial charge in [0, 0.05) is 12.1 Å². The van der Waals surface area contributed by atoms with Gasteiger partial charge in [-0.2, -0.15) is 0 Å². The zero-order valence-corrected chi connectivity index (χ0v) is 24.2. The minimum Gasteiger partial charge on any atom is -1.00 e. The summed E-state index contributed by atoms with van der Waals surface area (Å²) in [6.07, 6.45) is 14.5. The van der Waals surface area contributed by atoms with E-state index in [1.165, 1.54) is 12.8 Å². The number of likely N-dealkylation sites (tertiary alicyclic amines) is 1. The zero-order valence-electron chi connectivity index (χ0n) is 17.4. The number of nitrogens with zero attached hydrogens (tertiary/aromatic N) is 1. The number of alkyl halides is 1. The summed E-state index contributed by atoms with van der Waals surface area (Å²) in [6.45, 7) is 3.20. The van der Waals surface area contributed by atoms with Gasteiger partial charge in [-0.3, -0.25) is 9.69 Å². The molecule has 0 spiro atoms. The number of nitrogens with one attached hydrogen (secondary N) is 1. The topological polar surface area (TPSA) is 105 Å². The van der Waals surface area contributed by atoms with Gasteiger partial charge in [0.05, 0.1) is 25.1 Å². The van der Waals surface area contributed by atoms with Crippen molar-refractivity contribution < 1.29 is 129 Å². The summed E-state index contributed by atoms with van der Waals surface area (Å²) in [5, 5.41) is 29.6. The van der Waals surface area contributed by atoms with E-state index in [2.05, 4.69) is 42.9 Å². The third-order valence-corrected chi connectivity index (χ3v) is 3.83. The van der Waals surface area contributed by atoms with E-state index in [0.717, 1.165) is 25.9 Å². The SMILES string of the molecule is C#CCBr.C#CCN1CCC[C@@H]1CO.O=CO[O-].OC[C@H]1CCCN1.[H-].[K+].[K+]. The van der Waals surface area contributed by atoms with E-state index in [0.29, 0.717) is 30.6 Å². The van der Waals surface area contributed by atoms with Crippen molar-refractivity contribution in [2.75, 3.05) is 38.2 Å². The third-order valence-electron chi connectivity index (χ3n) is 3.50. The molecule has 0 unspecified atom stereocenters. The van der Waals surface area contributed by atoms with Crippen LogP contribution in [0.15, 0.2) is 0 Å². The molecule has 0 aliphatic carbocycles. The molecule has 0 aromatic heterocycles. The summed E-state index contributed by atoms with van der Waals surface area (Å²) < 4.78 is 0. The molecule has 2 heterocycles. The van der Waals surface area contributed by atoms with Crippen LogP contribution in [0.5, 0.6) is 0 Å². The predicted molar refractivity (Wildman–Crippen MR) is 99.5 cm³/mol. The average molecular weight is 500 g/mol. The molecule has 2 saturated heterocycles. The molecule has 2 fully saturated rings. The van der Waals surface area contributed by atoms with E-state index in [9.17, 15) is 0 Å². The Labute approximate surface area is 258 Å². The molecule has 27 heavy (non-hydrogen) atoms. The van der Waals surface area contributed by atoms with Gasteiger partial charge in [0.2, 0.25) is 0 Å². The quantitative estimate of drug-likeness (QED) is 0.0883. The van der Waals surface area contributed by atoms with Crippen molar-refractivity contribution in [3.8, 4) is 24.7 Å². The van der Waals surface area contributed by atoms with Gasteiger partial charge in [-0.05, 0) is 38.8 Å². The number of carbonyl (C=O) groups is 1. The van der Waals surface area contributed by atoms with Crippen molar-refractivity contribution in [2.45, 2.75) is 37.8 Å². The van der Waals surface area contributed by atoms with E-state index in [1.54, 1.807) is 0 Å². The van der Waals surface area contributed by atoms with Crippen LogP contribution in [-0.4, -0.2) is 71.8 Å². The Morgan fingerprint density at radius 2 is 1.85 bits per heavy atom. The second kappa shape index (κ2) is 30.3. The first-order chi connectivity index (χ1) is 12.1. The summed E-state index contributed by atoms with van der Waals surface area (Å²) in [7, 11) is 0. The first-order valence-corrected chi connectivity index (χ1v) is 9.11. The molecule has 0 bridgehead atoms. The Kier molecular flexibility index (Phi) is 41.0. The van der Waals surface area contributed by atoms with Crippen molar-refractivity contribution in [1.29, 1.82) is 0 Å². The maximum atomic E-state index is 8.85. The van der Waals surface area contributed by atoms with Crippen molar-refractivity contribution in [3.05, 3.63) is 0 Å². The van der Waals surface area contributed by atoms with Crippen LogP contribution in [0.3, 0.4) is 0 Å². The minimum atomic E-state index is -0.181. The van der Waals surface area contributed by atoms with Crippen LogP contribution in [0.1, 0.15) is 27.1 Å². The maximum absolute atomic E-state index is 8.85. The van der Waals surface area contributed by atoms with Gasteiger partial charge >= 0.3 is 103 Å². The molecule has 146 valence electrons. The summed E-state index contributed by atoms with van der Waals surface area (Å²) >= 11 is 3.01. The van der Waals surface area contributed by atoms with Gasteiger partial charge in [0.25, 0.3) is 6.47 Å². The largest absolute Gasteiger partial charge is 1.00 e. The van der Waals surface area contributed by atoms with Gasteiger partial charge in [-0.1, -0.05) is 27.8 Å². The second-order valence-electron chi connectivity index (χ2n) is 5.16. The number of hydrogen-bond acceptors (Lipinski definition) is 7. The third kappa shape index (κ3) is 24.3. The first kappa shape index (κ1) is 36.5. The molecule has 10 heteroatoms.